The summed E-state index contributed by atoms with van der Waals surface area (Å²) in [5.74, 6) is -0.379. The number of hydrogen-bond donors (Lipinski definition) is 1. The van der Waals surface area contributed by atoms with E-state index in [0.717, 1.165) is 28.6 Å². The molecule has 1 N–H and O–H groups in total. The molecule has 0 bridgehead atoms. The molecule has 1 fully saturated rings. The molecule has 1 aliphatic rings. The van der Waals surface area contributed by atoms with Crippen LogP contribution in [0.2, 0.25) is 0 Å². The van der Waals surface area contributed by atoms with Crippen LogP contribution in [0.3, 0.4) is 0 Å². The Morgan fingerprint density at radius 2 is 1.82 bits per heavy atom. The van der Waals surface area contributed by atoms with Crippen LogP contribution in [-0.4, -0.2) is 35.1 Å². The molecule has 0 unspecified atom stereocenters. The summed E-state index contributed by atoms with van der Waals surface area (Å²) in [6.45, 7) is 2.17. The number of thioether (sulfide) groups is 1. The normalized spacial score (nSPS) is 15.2. The van der Waals surface area contributed by atoms with Crippen molar-refractivity contribution in [3.63, 3.8) is 0 Å². The van der Waals surface area contributed by atoms with Crippen LogP contribution >= 0.6 is 11.8 Å². The molecule has 0 atom stereocenters. The number of nitrogens with zero attached hydrogens (tertiary/aromatic N) is 1. The monoisotopic (exact) mass is 396 g/mol. The highest BCUT2D eigenvalue weighted by Crippen LogP contribution is 2.32. The predicted molar refractivity (Wildman–Crippen MR) is 110 cm³/mol. The molecule has 6 nitrogen and oxygen atoms in total. The number of carbonyl (C=O) groups is 3. The fourth-order valence-corrected chi connectivity index (χ4v) is 3.42. The van der Waals surface area contributed by atoms with E-state index in [1.165, 1.54) is 0 Å². The Hall–Kier alpha value is -3.06. The van der Waals surface area contributed by atoms with Gasteiger partial charge in [0.15, 0.2) is 0 Å². The highest BCUT2D eigenvalue weighted by molar-refractivity contribution is 8.18. The van der Waals surface area contributed by atoms with E-state index in [9.17, 15) is 14.4 Å². The van der Waals surface area contributed by atoms with Crippen molar-refractivity contribution in [1.29, 1.82) is 0 Å². The molecule has 1 saturated heterocycles. The summed E-state index contributed by atoms with van der Waals surface area (Å²) < 4.78 is 5.61. The highest BCUT2D eigenvalue weighted by atomic mass is 32.2. The molecule has 0 spiro atoms. The van der Waals surface area contributed by atoms with Crippen molar-refractivity contribution < 1.29 is 19.1 Å². The fraction of sp³-hybridized carbons (Fsp3) is 0.190. The number of carbonyl (C=O) groups excluding carboxylic acids is 3. The molecular weight excluding hydrogens is 376 g/mol. The summed E-state index contributed by atoms with van der Waals surface area (Å²) in [7, 11) is 0. The van der Waals surface area contributed by atoms with Gasteiger partial charge in [-0.2, -0.15) is 0 Å². The van der Waals surface area contributed by atoms with E-state index in [4.69, 9.17) is 4.74 Å². The Labute approximate surface area is 167 Å². The molecule has 1 aliphatic heterocycles. The Kier molecular flexibility index (Phi) is 6.49. The van der Waals surface area contributed by atoms with Crippen LogP contribution in [0.25, 0.3) is 6.08 Å². The summed E-state index contributed by atoms with van der Waals surface area (Å²) in [6.07, 6.45) is 2.49. The van der Waals surface area contributed by atoms with Crippen molar-refractivity contribution in [2.45, 2.75) is 13.3 Å². The van der Waals surface area contributed by atoms with Gasteiger partial charge in [-0.3, -0.25) is 19.3 Å². The van der Waals surface area contributed by atoms with Gasteiger partial charge in [0.05, 0.1) is 17.2 Å². The lowest BCUT2D eigenvalue weighted by atomic mass is 10.2. The smallest absolute Gasteiger partial charge is 0.294 e. The topological polar surface area (TPSA) is 75.7 Å². The van der Waals surface area contributed by atoms with E-state index in [1.807, 2.05) is 43.3 Å². The van der Waals surface area contributed by atoms with E-state index in [0.29, 0.717) is 22.9 Å². The number of anilines is 1. The number of rotatable bonds is 7. The minimum atomic E-state index is -0.468. The Morgan fingerprint density at radius 1 is 1.11 bits per heavy atom. The molecule has 0 saturated carbocycles. The molecule has 7 heteroatoms. The molecule has 3 amide bonds. The number of hydrogen-bond acceptors (Lipinski definition) is 5. The zero-order chi connectivity index (χ0) is 19.9. The van der Waals surface area contributed by atoms with Gasteiger partial charge >= 0.3 is 0 Å². The van der Waals surface area contributed by atoms with Gasteiger partial charge in [0.1, 0.15) is 12.3 Å². The second-order valence-electron chi connectivity index (χ2n) is 6.07. The molecule has 0 aromatic heterocycles. The Balaban J connectivity index is 1.67. The molecule has 1 heterocycles. The molecular formula is C21H20N2O4S. The van der Waals surface area contributed by atoms with Crippen molar-refractivity contribution in [1.82, 2.24) is 4.90 Å². The van der Waals surface area contributed by atoms with E-state index >= 15 is 0 Å². The van der Waals surface area contributed by atoms with Gasteiger partial charge in [0.25, 0.3) is 11.1 Å². The number of nitrogens with one attached hydrogen (secondary N) is 1. The van der Waals surface area contributed by atoms with Crippen molar-refractivity contribution in [3.05, 3.63) is 65.1 Å². The molecule has 3 rings (SSSR count). The number of ether oxygens (including phenoxy) is 1. The average Bonchev–Trinajstić information content (AvgIpc) is 2.95. The van der Waals surface area contributed by atoms with Crippen LogP contribution in [0.15, 0.2) is 59.5 Å². The minimum absolute atomic E-state index is 0.302. The van der Waals surface area contributed by atoms with Gasteiger partial charge in [-0.25, -0.2) is 0 Å². The van der Waals surface area contributed by atoms with Crippen molar-refractivity contribution >= 4 is 40.6 Å². The molecule has 0 radical (unpaired) electrons. The molecule has 144 valence electrons. The van der Waals surface area contributed by atoms with Crippen LogP contribution in [0.4, 0.5) is 10.5 Å². The first-order valence-electron chi connectivity index (χ1n) is 8.90. The third-order valence-electron chi connectivity index (χ3n) is 3.90. The number of imide groups is 1. The van der Waals surface area contributed by atoms with Crippen molar-refractivity contribution in [3.8, 4) is 5.75 Å². The van der Waals surface area contributed by atoms with Crippen LogP contribution in [0, 0.1) is 0 Å². The van der Waals surface area contributed by atoms with E-state index in [1.54, 1.807) is 24.3 Å². The zero-order valence-corrected chi connectivity index (χ0v) is 16.2. The summed E-state index contributed by atoms with van der Waals surface area (Å²) >= 11 is 0.833. The minimum Gasteiger partial charge on any atom is -0.491 e. The second-order valence-corrected chi connectivity index (χ2v) is 7.06. The maximum atomic E-state index is 12.5. The van der Waals surface area contributed by atoms with Crippen LogP contribution in [0.1, 0.15) is 18.9 Å². The number of amides is 3. The average molecular weight is 396 g/mol. The van der Waals surface area contributed by atoms with Crippen LogP contribution in [0.5, 0.6) is 5.75 Å². The summed E-state index contributed by atoms with van der Waals surface area (Å²) in [5.41, 5.74) is 1.33. The summed E-state index contributed by atoms with van der Waals surface area (Å²) in [6, 6.07) is 16.3. The van der Waals surface area contributed by atoms with Gasteiger partial charge in [-0.15, -0.1) is 0 Å². The van der Waals surface area contributed by atoms with Crippen LogP contribution in [-0.2, 0) is 9.59 Å². The third kappa shape index (κ3) is 4.80. The largest absolute Gasteiger partial charge is 0.491 e. The van der Waals surface area contributed by atoms with Gasteiger partial charge in [0.2, 0.25) is 5.91 Å². The number of benzene rings is 2. The molecule has 2 aromatic rings. The van der Waals surface area contributed by atoms with E-state index in [-0.39, 0.29) is 6.54 Å². The second kappa shape index (κ2) is 9.23. The first-order chi connectivity index (χ1) is 13.6. The van der Waals surface area contributed by atoms with Gasteiger partial charge in [0, 0.05) is 0 Å². The fourth-order valence-electron chi connectivity index (χ4n) is 2.58. The molecule has 2 aromatic carbocycles. The quantitative estimate of drug-likeness (QED) is 0.712. The maximum Gasteiger partial charge on any atom is 0.294 e. The van der Waals surface area contributed by atoms with Gasteiger partial charge in [-0.05, 0) is 42.0 Å². The van der Waals surface area contributed by atoms with Crippen molar-refractivity contribution in [2.75, 3.05) is 18.5 Å². The predicted octanol–water partition coefficient (Wildman–Crippen LogP) is 4.15. The Bertz CT molecular complexity index is 912. The van der Waals surface area contributed by atoms with Gasteiger partial charge < -0.3 is 10.1 Å². The lowest BCUT2D eigenvalue weighted by Crippen LogP contribution is -2.36. The molecule has 0 aliphatic carbocycles. The third-order valence-corrected chi connectivity index (χ3v) is 4.80. The van der Waals surface area contributed by atoms with Crippen molar-refractivity contribution in [2.24, 2.45) is 0 Å². The van der Waals surface area contributed by atoms with Crippen LogP contribution < -0.4 is 10.1 Å². The first kappa shape index (κ1) is 19.7. The first-order valence-corrected chi connectivity index (χ1v) is 9.72. The van der Waals surface area contributed by atoms with Gasteiger partial charge in [-0.1, -0.05) is 49.4 Å². The molecule has 28 heavy (non-hydrogen) atoms. The Morgan fingerprint density at radius 3 is 2.57 bits per heavy atom. The summed E-state index contributed by atoms with van der Waals surface area (Å²) in [4.78, 5) is 38.4. The zero-order valence-electron chi connectivity index (χ0n) is 15.4. The van der Waals surface area contributed by atoms with E-state index < -0.39 is 17.1 Å². The summed E-state index contributed by atoms with van der Waals surface area (Å²) in [5, 5.41) is 2.25. The van der Waals surface area contributed by atoms with E-state index in [2.05, 4.69) is 5.32 Å². The lowest BCUT2D eigenvalue weighted by Gasteiger charge is -2.15. The standard InChI is InChI=1S/C21H20N2O4S/c1-2-12-27-17-11-7-6-10-16(17)22-19(24)14-23-20(25)18(28-21(23)26)13-15-8-4-3-5-9-15/h3-11,13H,2,12,14H2,1H3,(H,22,24)/b18-13+. The maximum absolute atomic E-state index is 12.5. The highest BCUT2D eigenvalue weighted by Gasteiger charge is 2.36. The number of para-hydroxylation sites is 2. The SMILES string of the molecule is CCCOc1ccccc1NC(=O)CN1C(=O)S/C(=C/c2ccccc2)C1=O. The lowest BCUT2D eigenvalue weighted by molar-refractivity contribution is -0.127.